The third-order valence-corrected chi connectivity index (χ3v) is 3.30. The minimum Gasteiger partial charge on any atom is -0.469 e. The summed E-state index contributed by atoms with van der Waals surface area (Å²) in [6, 6.07) is 3.75. The van der Waals surface area contributed by atoms with E-state index in [2.05, 4.69) is 0 Å². The Morgan fingerprint density at radius 1 is 1.53 bits per heavy atom. The third kappa shape index (κ3) is 3.40. The molecule has 0 fully saturated rings. The van der Waals surface area contributed by atoms with Crippen molar-refractivity contribution in [1.82, 2.24) is 0 Å². The standard InChI is InChI=1S/C10H11N3O5S/c1-6-3-9(18-7(2)5-11)8(13(14)15)4-10(6)19(12,16)17/h3-4,7H,1-2H3,(H2,12,16,17). The number of nitrogens with two attached hydrogens (primary N) is 1. The van der Waals surface area contributed by atoms with E-state index < -0.39 is 26.7 Å². The molecule has 1 atom stereocenters. The zero-order valence-electron chi connectivity index (χ0n) is 10.2. The first kappa shape index (κ1) is 14.9. The number of ether oxygens (including phenoxy) is 1. The number of sulfonamides is 1. The highest BCUT2D eigenvalue weighted by Gasteiger charge is 2.23. The van der Waals surface area contributed by atoms with Crippen LogP contribution in [0.15, 0.2) is 17.0 Å². The minimum atomic E-state index is -4.07. The smallest absolute Gasteiger partial charge is 0.312 e. The number of nitriles is 1. The normalized spacial score (nSPS) is 12.5. The van der Waals surface area contributed by atoms with E-state index in [0.717, 1.165) is 6.07 Å². The van der Waals surface area contributed by atoms with E-state index in [-0.39, 0.29) is 16.2 Å². The first-order valence-corrected chi connectivity index (χ1v) is 6.59. The van der Waals surface area contributed by atoms with Gasteiger partial charge in [0.05, 0.1) is 9.82 Å². The van der Waals surface area contributed by atoms with Crippen LogP contribution in [0.4, 0.5) is 5.69 Å². The van der Waals surface area contributed by atoms with E-state index in [9.17, 15) is 18.5 Å². The van der Waals surface area contributed by atoms with Crippen LogP contribution in [0.3, 0.4) is 0 Å². The monoisotopic (exact) mass is 285 g/mol. The summed E-state index contributed by atoms with van der Waals surface area (Å²) in [5.74, 6) is -0.177. The molecular formula is C10H11N3O5S. The summed E-state index contributed by atoms with van der Waals surface area (Å²) in [4.78, 5) is 9.74. The van der Waals surface area contributed by atoms with Gasteiger partial charge in [-0.15, -0.1) is 0 Å². The Morgan fingerprint density at radius 3 is 2.53 bits per heavy atom. The molecule has 0 saturated heterocycles. The van der Waals surface area contributed by atoms with Crippen molar-refractivity contribution in [3.63, 3.8) is 0 Å². The van der Waals surface area contributed by atoms with E-state index in [1.807, 2.05) is 0 Å². The number of nitrogens with zero attached hydrogens (tertiary/aromatic N) is 2. The molecule has 0 aliphatic carbocycles. The molecule has 0 aliphatic heterocycles. The number of aryl methyl sites for hydroxylation is 1. The van der Waals surface area contributed by atoms with Crippen molar-refractivity contribution in [3.05, 3.63) is 27.8 Å². The Balaban J connectivity index is 3.47. The van der Waals surface area contributed by atoms with Gasteiger partial charge in [0.15, 0.2) is 11.9 Å². The lowest BCUT2D eigenvalue weighted by molar-refractivity contribution is -0.386. The van der Waals surface area contributed by atoms with Crippen LogP contribution in [0.2, 0.25) is 0 Å². The molecule has 0 radical (unpaired) electrons. The number of hydrogen-bond acceptors (Lipinski definition) is 6. The van der Waals surface area contributed by atoms with E-state index in [1.54, 1.807) is 6.07 Å². The maximum absolute atomic E-state index is 11.3. The lowest BCUT2D eigenvalue weighted by Crippen LogP contribution is -2.15. The quantitative estimate of drug-likeness (QED) is 0.642. The Labute approximate surface area is 109 Å². The lowest BCUT2D eigenvalue weighted by atomic mass is 10.2. The van der Waals surface area contributed by atoms with Gasteiger partial charge in [-0.3, -0.25) is 10.1 Å². The number of hydrogen-bond donors (Lipinski definition) is 1. The van der Waals surface area contributed by atoms with Gasteiger partial charge in [0.2, 0.25) is 10.0 Å². The molecule has 1 unspecified atom stereocenters. The molecule has 0 aromatic heterocycles. The number of benzene rings is 1. The second kappa shape index (κ2) is 5.21. The molecular weight excluding hydrogens is 274 g/mol. The molecule has 0 amide bonds. The zero-order valence-corrected chi connectivity index (χ0v) is 11.0. The molecule has 0 bridgehead atoms. The topological polar surface area (TPSA) is 136 Å². The summed E-state index contributed by atoms with van der Waals surface area (Å²) in [5, 5.41) is 24.5. The second-order valence-corrected chi connectivity index (χ2v) is 5.31. The van der Waals surface area contributed by atoms with Crippen LogP contribution in [-0.2, 0) is 10.0 Å². The van der Waals surface area contributed by atoms with Gasteiger partial charge >= 0.3 is 5.69 Å². The zero-order chi connectivity index (χ0) is 14.8. The summed E-state index contributed by atoms with van der Waals surface area (Å²) in [5.41, 5.74) is -0.357. The molecule has 1 rings (SSSR count). The molecule has 19 heavy (non-hydrogen) atoms. The van der Waals surface area contributed by atoms with Crippen molar-refractivity contribution in [2.45, 2.75) is 24.8 Å². The Morgan fingerprint density at radius 2 is 2.11 bits per heavy atom. The van der Waals surface area contributed by atoms with Gasteiger partial charge in [0.25, 0.3) is 0 Å². The number of rotatable bonds is 4. The predicted molar refractivity (Wildman–Crippen MR) is 64.9 cm³/mol. The average molecular weight is 285 g/mol. The minimum absolute atomic E-state index is 0.177. The molecule has 0 heterocycles. The first-order chi connectivity index (χ1) is 8.66. The largest absolute Gasteiger partial charge is 0.469 e. The summed E-state index contributed by atoms with van der Waals surface area (Å²) in [6.45, 7) is 2.83. The third-order valence-electron chi connectivity index (χ3n) is 2.25. The van der Waals surface area contributed by atoms with Crippen LogP contribution in [0.1, 0.15) is 12.5 Å². The summed E-state index contributed by atoms with van der Waals surface area (Å²) in [6.07, 6.45) is -0.904. The van der Waals surface area contributed by atoms with Crippen LogP contribution in [-0.4, -0.2) is 19.4 Å². The Hall–Kier alpha value is -2.18. The predicted octanol–water partition coefficient (Wildman–Crippen LogP) is 0.841. The van der Waals surface area contributed by atoms with Crippen LogP contribution in [0.5, 0.6) is 5.75 Å². The van der Waals surface area contributed by atoms with Gasteiger partial charge in [-0.1, -0.05) is 0 Å². The molecule has 0 spiro atoms. The fourth-order valence-electron chi connectivity index (χ4n) is 1.41. The van der Waals surface area contributed by atoms with Gasteiger partial charge in [0.1, 0.15) is 6.07 Å². The fraction of sp³-hybridized carbons (Fsp3) is 0.300. The van der Waals surface area contributed by atoms with Gasteiger partial charge in [-0.2, -0.15) is 5.26 Å². The Kier molecular flexibility index (Phi) is 4.08. The molecule has 2 N–H and O–H groups in total. The van der Waals surface area contributed by atoms with Crippen molar-refractivity contribution in [2.24, 2.45) is 5.14 Å². The van der Waals surface area contributed by atoms with Crippen molar-refractivity contribution >= 4 is 15.7 Å². The molecule has 9 heteroatoms. The van der Waals surface area contributed by atoms with Gasteiger partial charge in [-0.05, 0) is 25.5 Å². The average Bonchev–Trinajstić information content (AvgIpc) is 2.26. The molecule has 1 aromatic carbocycles. The maximum Gasteiger partial charge on any atom is 0.312 e. The van der Waals surface area contributed by atoms with Crippen molar-refractivity contribution < 1.29 is 18.1 Å². The SMILES string of the molecule is Cc1cc(OC(C)C#N)c([N+](=O)[O-])cc1S(N)(=O)=O. The number of primary sulfonamides is 1. The Bertz CT molecular complexity index is 662. The van der Waals surface area contributed by atoms with E-state index in [4.69, 9.17) is 15.1 Å². The van der Waals surface area contributed by atoms with Crippen molar-refractivity contribution in [1.29, 1.82) is 5.26 Å². The summed E-state index contributed by atoms with van der Waals surface area (Å²) in [7, 11) is -4.07. The lowest BCUT2D eigenvalue weighted by Gasteiger charge is -2.11. The highest BCUT2D eigenvalue weighted by Crippen LogP contribution is 2.32. The molecule has 0 aliphatic rings. The summed E-state index contributed by atoms with van der Waals surface area (Å²) >= 11 is 0. The van der Waals surface area contributed by atoms with Crippen LogP contribution >= 0.6 is 0 Å². The van der Waals surface area contributed by atoms with E-state index >= 15 is 0 Å². The first-order valence-electron chi connectivity index (χ1n) is 5.05. The van der Waals surface area contributed by atoms with E-state index in [1.165, 1.54) is 19.9 Å². The van der Waals surface area contributed by atoms with Gasteiger partial charge in [-0.25, -0.2) is 13.6 Å². The summed E-state index contributed by atoms with van der Waals surface area (Å²) < 4.78 is 27.6. The highest BCUT2D eigenvalue weighted by atomic mass is 32.2. The molecule has 0 saturated carbocycles. The van der Waals surface area contributed by atoms with Crippen molar-refractivity contribution in [3.8, 4) is 11.8 Å². The highest BCUT2D eigenvalue weighted by molar-refractivity contribution is 7.89. The number of nitro groups is 1. The fourth-order valence-corrected chi connectivity index (χ4v) is 2.19. The molecule has 1 aromatic rings. The van der Waals surface area contributed by atoms with Crippen LogP contribution in [0.25, 0.3) is 0 Å². The number of nitro benzene ring substituents is 1. The van der Waals surface area contributed by atoms with Gasteiger partial charge < -0.3 is 4.74 Å². The second-order valence-electron chi connectivity index (χ2n) is 3.78. The van der Waals surface area contributed by atoms with E-state index in [0.29, 0.717) is 0 Å². The maximum atomic E-state index is 11.3. The van der Waals surface area contributed by atoms with Crippen LogP contribution in [0, 0.1) is 28.4 Å². The van der Waals surface area contributed by atoms with Crippen LogP contribution < -0.4 is 9.88 Å². The van der Waals surface area contributed by atoms with Gasteiger partial charge in [0, 0.05) is 6.07 Å². The molecule has 102 valence electrons. The van der Waals surface area contributed by atoms with Crippen molar-refractivity contribution in [2.75, 3.05) is 0 Å². The molecule has 8 nitrogen and oxygen atoms in total.